The number of rotatable bonds is 8. The van der Waals surface area contributed by atoms with E-state index in [2.05, 4.69) is 17.6 Å². The van der Waals surface area contributed by atoms with Gasteiger partial charge >= 0.3 is 6.09 Å². The van der Waals surface area contributed by atoms with Crippen LogP contribution < -0.4 is 10.6 Å². The van der Waals surface area contributed by atoms with Gasteiger partial charge in [-0.1, -0.05) is 6.42 Å². The van der Waals surface area contributed by atoms with E-state index in [4.69, 9.17) is 18.9 Å². The number of carbonyl (C=O) groups excluding carboxylic acids is 1. The van der Waals surface area contributed by atoms with Crippen LogP contribution in [-0.4, -0.2) is 68.0 Å². The van der Waals surface area contributed by atoms with E-state index in [9.17, 15) is 4.79 Å². The standard InChI is InChI=1S/C24H38N4O4/c1-3-30-21-17-20(24(21)11-6-12-24)27-22(25-13-8-19-7-5-16-32-19)26-18-9-14-28(15-10-18)23(29)31-4-2/h5,7,16,18,20-21H,3-4,6,8-15,17H2,1-2H3,(H2,25,26,27). The summed E-state index contributed by atoms with van der Waals surface area (Å²) in [5, 5.41) is 7.39. The summed E-state index contributed by atoms with van der Waals surface area (Å²) < 4.78 is 16.6. The topological polar surface area (TPSA) is 88.3 Å². The van der Waals surface area contributed by atoms with Crippen molar-refractivity contribution in [2.24, 2.45) is 10.4 Å². The quantitative estimate of drug-likeness (QED) is 0.470. The maximum absolute atomic E-state index is 12.0. The number of piperidine rings is 1. The third kappa shape index (κ3) is 5.05. The average molecular weight is 447 g/mol. The Bertz CT molecular complexity index is 754. The molecule has 1 saturated heterocycles. The molecule has 1 amide bonds. The summed E-state index contributed by atoms with van der Waals surface area (Å²) in [5.41, 5.74) is 0.271. The smallest absolute Gasteiger partial charge is 0.409 e. The van der Waals surface area contributed by atoms with Crippen LogP contribution in [0, 0.1) is 5.41 Å². The van der Waals surface area contributed by atoms with E-state index < -0.39 is 0 Å². The lowest BCUT2D eigenvalue weighted by molar-refractivity contribution is -0.168. The van der Waals surface area contributed by atoms with Crippen molar-refractivity contribution in [3.63, 3.8) is 0 Å². The molecule has 1 aliphatic heterocycles. The number of hydrogen-bond donors (Lipinski definition) is 2. The Labute approximate surface area is 191 Å². The summed E-state index contributed by atoms with van der Waals surface area (Å²) in [6.45, 7) is 7.19. The molecule has 178 valence electrons. The molecule has 2 saturated carbocycles. The molecule has 2 N–H and O–H groups in total. The van der Waals surface area contributed by atoms with Crippen LogP contribution in [0.2, 0.25) is 0 Å². The second-order valence-electron chi connectivity index (χ2n) is 9.13. The number of guanidine groups is 1. The van der Waals surface area contributed by atoms with E-state index in [0.717, 1.165) is 44.0 Å². The van der Waals surface area contributed by atoms with E-state index in [1.165, 1.54) is 19.3 Å². The number of likely N-dealkylation sites (tertiary alicyclic amines) is 1. The van der Waals surface area contributed by atoms with Crippen LogP contribution in [0.15, 0.2) is 27.8 Å². The van der Waals surface area contributed by atoms with E-state index in [1.54, 1.807) is 11.2 Å². The number of ether oxygens (including phenoxy) is 2. The zero-order valence-electron chi connectivity index (χ0n) is 19.5. The lowest BCUT2D eigenvalue weighted by atomic mass is 9.51. The molecular weight excluding hydrogens is 408 g/mol. The van der Waals surface area contributed by atoms with Crippen LogP contribution in [0.4, 0.5) is 4.79 Å². The van der Waals surface area contributed by atoms with Crippen molar-refractivity contribution in [3.8, 4) is 0 Å². The minimum Gasteiger partial charge on any atom is -0.469 e. The maximum Gasteiger partial charge on any atom is 0.409 e. The predicted octanol–water partition coefficient (Wildman–Crippen LogP) is 3.33. The Morgan fingerprint density at radius 2 is 2.06 bits per heavy atom. The molecule has 1 aromatic heterocycles. The number of aliphatic imine (C=N–C) groups is 1. The lowest BCUT2D eigenvalue weighted by Crippen LogP contribution is -2.69. The molecule has 32 heavy (non-hydrogen) atoms. The lowest BCUT2D eigenvalue weighted by Gasteiger charge is -2.61. The van der Waals surface area contributed by atoms with Crippen LogP contribution in [0.1, 0.15) is 58.1 Å². The maximum atomic E-state index is 12.0. The highest BCUT2D eigenvalue weighted by Crippen LogP contribution is 2.57. The van der Waals surface area contributed by atoms with Crippen molar-refractivity contribution in [1.82, 2.24) is 15.5 Å². The van der Waals surface area contributed by atoms with Gasteiger partial charge in [0.1, 0.15) is 5.76 Å². The minimum atomic E-state index is -0.209. The molecule has 1 aromatic rings. The number of nitrogens with one attached hydrogen (secondary N) is 2. The van der Waals surface area contributed by atoms with E-state index >= 15 is 0 Å². The van der Waals surface area contributed by atoms with Gasteiger partial charge in [0.25, 0.3) is 0 Å². The Morgan fingerprint density at radius 3 is 2.69 bits per heavy atom. The summed E-state index contributed by atoms with van der Waals surface area (Å²) in [6.07, 6.45) is 9.19. The summed E-state index contributed by atoms with van der Waals surface area (Å²) in [6, 6.07) is 4.59. The van der Waals surface area contributed by atoms with Crippen molar-refractivity contribution in [1.29, 1.82) is 0 Å². The van der Waals surface area contributed by atoms with Gasteiger partial charge in [-0.3, -0.25) is 4.99 Å². The highest BCUT2D eigenvalue weighted by Gasteiger charge is 2.59. The zero-order chi connectivity index (χ0) is 22.4. The molecule has 4 rings (SSSR count). The van der Waals surface area contributed by atoms with Gasteiger partial charge in [-0.2, -0.15) is 0 Å². The molecule has 0 radical (unpaired) electrons. The highest BCUT2D eigenvalue weighted by atomic mass is 16.6. The molecular formula is C24H38N4O4. The first-order valence-corrected chi connectivity index (χ1v) is 12.3. The van der Waals surface area contributed by atoms with Gasteiger partial charge in [0.05, 0.1) is 19.0 Å². The summed E-state index contributed by atoms with van der Waals surface area (Å²) in [4.78, 5) is 18.7. The predicted molar refractivity (Wildman–Crippen MR) is 123 cm³/mol. The minimum absolute atomic E-state index is 0.209. The molecule has 8 nitrogen and oxygen atoms in total. The Kier molecular flexibility index (Phi) is 7.60. The van der Waals surface area contributed by atoms with E-state index in [1.807, 2.05) is 19.1 Å². The van der Waals surface area contributed by atoms with Crippen molar-refractivity contribution < 1.29 is 18.7 Å². The van der Waals surface area contributed by atoms with E-state index in [0.29, 0.717) is 38.4 Å². The molecule has 2 heterocycles. The zero-order valence-corrected chi connectivity index (χ0v) is 19.5. The number of amides is 1. The van der Waals surface area contributed by atoms with E-state index in [-0.39, 0.29) is 17.6 Å². The Hall–Kier alpha value is -2.22. The first-order chi connectivity index (χ1) is 15.6. The highest BCUT2D eigenvalue weighted by molar-refractivity contribution is 5.81. The van der Waals surface area contributed by atoms with Crippen molar-refractivity contribution in [2.75, 3.05) is 32.8 Å². The van der Waals surface area contributed by atoms with Gasteiger partial charge < -0.3 is 29.4 Å². The van der Waals surface area contributed by atoms with Crippen molar-refractivity contribution in [2.45, 2.75) is 77.0 Å². The van der Waals surface area contributed by atoms with Gasteiger partial charge in [0.2, 0.25) is 0 Å². The van der Waals surface area contributed by atoms with Crippen LogP contribution >= 0.6 is 0 Å². The average Bonchev–Trinajstić information content (AvgIpc) is 3.26. The van der Waals surface area contributed by atoms with Gasteiger partial charge in [-0.05, 0) is 58.1 Å². The van der Waals surface area contributed by atoms with Gasteiger partial charge in [-0.25, -0.2) is 4.79 Å². The SMILES string of the molecule is CCOC(=O)N1CCC(NC(=NCCc2ccco2)NC2CC(OCC)C23CCC3)CC1. The van der Waals surface area contributed by atoms with Gasteiger partial charge in [0, 0.05) is 50.2 Å². The van der Waals surface area contributed by atoms with Gasteiger partial charge in [0.15, 0.2) is 5.96 Å². The molecule has 0 bridgehead atoms. The third-order valence-corrected chi connectivity index (χ3v) is 7.32. The fourth-order valence-electron chi connectivity index (χ4n) is 5.29. The molecule has 3 aliphatic rings. The number of carbonyl (C=O) groups is 1. The molecule has 2 atom stereocenters. The third-order valence-electron chi connectivity index (χ3n) is 7.32. The second kappa shape index (κ2) is 10.6. The van der Waals surface area contributed by atoms with Gasteiger partial charge in [-0.15, -0.1) is 0 Å². The molecule has 8 heteroatoms. The fourth-order valence-corrected chi connectivity index (χ4v) is 5.29. The monoisotopic (exact) mass is 446 g/mol. The number of hydrogen-bond acceptors (Lipinski definition) is 5. The fraction of sp³-hybridized carbons (Fsp3) is 0.750. The molecule has 2 aliphatic carbocycles. The van der Waals surface area contributed by atoms with Crippen LogP contribution in [0.25, 0.3) is 0 Å². The molecule has 3 fully saturated rings. The summed E-state index contributed by atoms with van der Waals surface area (Å²) >= 11 is 0. The van der Waals surface area contributed by atoms with Crippen LogP contribution in [0.5, 0.6) is 0 Å². The first-order valence-electron chi connectivity index (χ1n) is 12.3. The second-order valence-corrected chi connectivity index (χ2v) is 9.13. The Morgan fingerprint density at radius 1 is 1.25 bits per heavy atom. The summed E-state index contributed by atoms with van der Waals surface area (Å²) in [5.74, 6) is 1.82. The number of furan rings is 1. The van der Waals surface area contributed by atoms with Crippen molar-refractivity contribution >= 4 is 12.1 Å². The molecule has 2 unspecified atom stereocenters. The molecule has 0 aromatic carbocycles. The van der Waals surface area contributed by atoms with Crippen LogP contribution in [0.3, 0.4) is 0 Å². The van der Waals surface area contributed by atoms with Crippen molar-refractivity contribution in [3.05, 3.63) is 24.2 Å². The summed E-state index contributed by atoms with van der Waals surface area (Å²) in [7, 11) is 0. The normalized spacial score (nSPS) is 25.2. The largest absolute Gasteiger partial charge is 0.469 e. The molecule has 1 spiro atoms. The van der Waals surface area contributed by atoms with Crippen LogP contribution in [-0.2, 0) is 15.9 Å². The first kappa shape index (κ1) is 23.0. The number of nitrogens with zero attached hydrogens (tertiary/aromatic N) is 2. The Balaban J connectivity index is 1.35.